The van der Waals surface area contributed by atoms with Crippen LogP contribution in [0.2, 0.25) is 0 Å². The molecule has 1 aliphatic carbocycles. The quantitative estimate of drug-likeness (QED) is 0.818. The van der Waals surface area contributed by atoms with Gasteiger partial charge in [-0.05, 0) is 29.5 Å². The fourth-order valence-corrected chi connectivity index (χ4v) is 2.22. The van der Waals surface area contributed by atoms with Crippen molar-refractivity contribution < 1.29 is 14.3 Å². The normalized spacial score (nSPS) is 23.1. The van der Waals surface area contributed by atoms with Crippen molar-refractivity contribution in [3.05, 3.63) is 29.8 Å². The van der Waals surface area contributed by atoms with Gasteiger partial charge in [0.15, 0.2) is 11.9 Å². The lowest BCUT2D eigenvalue weighted by Crippen LogP contribution is -2.51. The van der Waals surface area contributed by atoms with E-state index in [-0.39, 0.29) is 17.3 Å². The Kier molecular flexibility index (Phi) is 3.95. The second-order valence-electron chi connectivity index (χ2n) is 5.74. The molecule has 0 bridgehead atoms. The van der Waals surface area contributed by atoms with E-state index in [2.05, 4.69) is 32.9 Å². The molecular weight excluding hydrogens is 240 g/mol. The van der Waals surface area contributed by atoms with Crippen LogP contribution in [0.15, 0.2) is 24.3 Å². The van der Waals surface area contributed by atoms with E-state index in [0.29, 0.717) is 6.42 Å². The van der Waals surface area contributed by atoms with Gasteiger partial charge in [-0.1, -0.05) is 32.9 Å². The van der Waals surface area contributed by atoms with Crippen LogP contribution in [0.25, 0.3) is 0 Å². The van der Waals surface area contributed by atoms with Crippen LogP contribution in [-0.4, -0.2) is 25.1 Å². The third-order valence-electron chi connectivity index (χ3n) is 4.12. The average molecular weight is 262 g/mol. The lowest BCUT2D eigenvalue weighted by Gasteiger charge is -2.33. The molecule has 2 unspecified atom stereocenters. The van der Waals surface area contributed by atoms with Crippen LogP contribution in [0.3, 0.4) is 0 Å². The molecular formula is C16H22O3. The Balaban J connectivity index is 2.02. The highest BCUT2D eigenvalue weighted by molar-refractivity contribution is 5.90. The van der Waals surface area contributed by atoms with Crippen LogP contribution in [0.4, 0.5) is 0 Å². The average Bonchev–Trinajstić information content (AvgIpc) is 2.39. The molecule has 0 N–H and O–H groups in total. The summed E-state index contributed by atoms with van der Waals surface area (Å²) < 4.78 is 10.9. The topological polar surface area (TPSA) is 35.5 Å². The van der Waals surface area contributed by atoms with Gasteiger partial charge in [0.25, 0.3) is 0 Å². The summed E-state index contributed by atoms with van der Waals surface area (Å²) in [6, 6.07) is 8.15. The number of rotatable bonds is 5. The summed E-state index contributed by atoms with van der Waals surface area (Å²) in [6.07, 6.45) is 1.01. The van der Waals surface area contributed by atoms with Gasteiger partial charge >= 0.3 is 0 Å². The molecule has 19 heavy (non-hydrogen) atoms. The van der Waals surface area contributed by atoms with Gasteiger partial charge in [0.05, 0.1) is 0 Å². The number of methoxy groups -OCH3 is 1. The first-order valence-electron chi connectivity index (χ1n) is 6.80. The minimum Gasteiger partial charge on any atom is -0.487 e. The summed E-state index contributed by atoms with van der Waals surface area (Å²) in [5, 5.41) is 0. The predicted molar refractivity (Wildman–Crippen MR) is 74.6 cm³/mol. The largest absolute Gasteiger partial charge is 0.487 e. The fraction of sp³-hybridized carbons (Fsp3) is 0.562. The van der Waals surface area contributed by atoms with Crippen LogP contribution in [-0.2, 0) is 14.9 Å². The van der Waals surface area contributed by atoms with Gasteiger partial charge in [-0.2, -0.15) is 0 Å². The lowest BCUT2D eigenvalue weighted by molar-refractivity contribution is -0.150. The SMILES string of the molecule is CCC(C)(C)c1ccc(OC2CC(=O)C2OC)cc1. The zero-order chi connectivity index (χ0) is 14.0. The fourth-order valence-electron chi connectivity index (χ4n) is 2.22. The van der Waals surface area contributed by atoms with Crippen LogP contribution in [0, 0.1) is 0 Å². The van der Waals surface area contributed by atoms with E-state index in [4.69, 9.17) is 9.47 Å². The highest BCUT2D eigenvalue weighted by Gasteiger charge is 2.41. The number of hydrogen-bond donors (Lipinski definition) is 0. The van der Waals surface area contributed by atoms with Crippen molar-refractivity contribution in [3.63, 3.8) is 0 Å². The van der Waals surface area contributed by atoms with Crippen LogP contribution < -0.4 is 4.74 Å². The van der Waals surface area contributed by atoms with E-state index < -0.39 is 6.10 Å². The molecule has 1 aliphatic rings. The Morgan fingerprint density at radius 3 is 2.37 bits per heavy atom. The van der Waals surface area contributed by atoms with Gasteiger partial charge in [-0.15, -0.1) is 0 Å². The summed E-state index contributed by atoms with van der Waals surface area (Å²) in [7, 11) is 1.55. The first-order chi connectivity index (χ1) is 8.97. The molecule has 2 atom stereocenters. The summed E-state index contributed by atoms with van der Waals surface area (Å²) >= 11 is 0. The van der Waals surface area contributed by atoms with Gasteiger partial charge in [-0.3, -0.25) is 4.79 Å². The maximum atomic E-state index is 11.3. The standard InChI is InChI=1S/C16H22O3/c1-5-16(2,3)11-6-8-12(9-7-11)19-14-10-13(17)15(14)18-4/h6-9,14-15H,5,10H2,1-4H3. The Labute approximate surface area is 114 Å². The number of carbonyl (C=O) groups excluding carboxylic acids is 1. The highest BCUT2D eigenvalue weighted by atomic mass is 16.5. The van der Waals surface area contributed by atoms with Crippen molar-refractivity contribution in [1.29, 1.82) is 0 Å². The third kappa shape index (κ3) is 2.81. The van der Waals surface area contributed by atoms with E-state index in [9.17, 15) is 4.79 Å². The Morgan fingerprint density at radius 1 is 1.26 bits per heavy atom. The minimum absolute atomic E-state index is 0.122. The van der Waals surface area contributed by atoms with Gasteiger partial charge in [0, 0.05) is 13.5 Å². The molecule has 2 rings (SSSR count). The summed E-state index contributed by atoms with van der Waals surface area (Å²) in [4.78, 5) is 11.3. The molecule has 0 aromatic heterocycles. The minimum atomic E-state index is -0.397. The summed E-state index contributed by atoms with van der Waals surface area (Å²) in [5.74, 6) is 0.923. The van der Waals surface area contributed by atoms with Gasteiger partial charge in [0.2, 0.25) is 0 Å². The van der Waals surface area contributed by atoms with E-state index in [1.54, 1.807) is 7.11 Å². The van der Waals surface area contributed by atoms with Gasteiger partial charge in [0.1, 0.15) is 11.9 Å². The third-order valence-corrected chi connectivity index (χ3v) is 4.12. The molecule has 1 aromatic carbocycles. The summed E-state index contributed by atoms with van der Waals surface area (Å²) in [6.45, 7) is 6.65. The molecule has 1 aromatic rings. The molecule has 0 saturated heterocycles. The van der Waals surface area contributed by atoms with Crippen molar-refractivity contribution in [3.8, 4) is 5.75 Å². The maximum Gasteiger partial charge on any atom is 0.169 e. The molecule has 1 fully saturated rings. The molecule has 3 nitrogen and oxygen atoms in total. The van der Waals surface area contributed by atoms with Crippen LogP contribution in [0.1, 0.15) is 39.2 Å². The number of hydrogen-bond acceptors (Lipinski definition) is 3. The second-order valence-corrected chi connectivity index (χ2v) is 5.74. The zero-order valence-corrected chi connectivity index (χ0v) is 12.1. The monoisotopic (exact) mass is 262 g/mol. The molecule has 0 spiro atoms. The smallest absolute Gasteiger partial charge is 0.169 e. The van der Waals surface area contributed by atoms with E-state index in [0.717, 1.165) is 12.2 Å². The Bertz CT molecular complexity index is 448. The van der Waals surface area contributed by atoms with Crippen molar-refractivity contribution in [2.24, 2.45) is 0 Å². The molecule has 0 heterocycles. The predicted octanol–water partition coefficient (Wildman–Crippen LogP) is 3.11. The first kappa shape index (κ1) is 14.1. The maximum absolute atomic E-state index is 11.3. The van der Waals surface area contributed by atoms with E-state index >= 15 is 0 Å². The number of ether oxygens (including phenoxy) is 2. The van der Waals surface area contributed by atoms with Gasteiger partial charge in [-0.25, -0.2) is 0 Å². The number of Topliss-reactive ketones (excluding diaryl/α,β-unsaturated/α-hetero) is 1. The summed E-state index contributed by atoms with van der Waals surface area (Å²) in [5.41, 5.74) is 1.48. The second kappa shape index (κ2) is 5.33. The van der Waals surface area contributed by atoms with Crippen molar-refractivity contribution >= 4 is 5.78 Å². The highest BCUT2D eigenvalue weighted by Crippen LogP contribution is 2.30. The first-order valence-corrected chi connectivity index (χ1v) is 6.80. The molecule has 0 amide bonds. The van der Waals surface area contributed by atoms with E-state index in [1.165, 1.54) is 5.56 Å². The van der Waals surface area contributed by atoms with Crippen molar-refractivity contribution in [2.45, 2.75) is 51.2 Å². The molecule has 0 radical (unpaired) electrons. The van der Waals surface area contributed by atoms with Crippen molar-refractivity contribution in [1.82, 2.24) is 0 Å². The number of benzene rings is 1. The van der Waals surface area contributed by atoms with Crippen LogP contribution >= 0.6 is 0 Å². The van der Waals surface area contributed by atoms with Gasteiger partial charge < -0.3 is 9.47 Å². The van der Waals surface area contributed by atoms with Crippen LogP contribution in [0.5, 0.6) is 5.75 Å². The Morgan fingerprint density at radius 2 is 1.89 bits per heavy atom. The van der Waals surface area contributed by atoms with Crippen molar-refractivity contribution in [2.75, 3.05) is 7.11 Å². The molecule has 104 valence electrons. The number of ketones is 1. The molecule has 0 aliphatic heterocycles. The zero-order valence-electron chi connectivity index (χ0n) is 12.1. The molecule has 3 heteroatoms. The Hall–Kier alpha value is -1.35. The molecule has 1 saturated carbocycles. The lowest BCUT2D eigenvalue weighted by atomic mass is 9.82. The number of carbonyl (C=O) groups is 1. The van der Waals surface area contributed by atoms with E-state index in [1.807, 2.05) is 12.1 Å².